The topological polar surface area (TPSA) is 436 Å². The lowest BCUT2D eigenvalue weighted by atomic mass is 9.93. The van der Waals surface area contributed by atoms with Crippen molar-refractivity contribution in [3.05, 3.63) is 42.0 Å². The molecule has 444 valence electrons. The molecule has 1 aromatic carbocycles. The molecule has 11 unspecified atom stereocenters. The predicted molar refractivity (Wildman–Crippen MR) is 263 cm³/mol. The van der Waals surface area contributed by atoms with Crippen LogP contribution in [0.1, 0.15) is 83.0 Å². The molecule has 20 atom stereocenters. The van der Waals surface area contributed by atoms with E-state index in [1.54, 1.807) is 12.1 Å². The molecule has 0 bridgehead atoms. The number of hydrogen-bond donors (Lipinski definition) is 14. The normalized spacial score (nSPS) is 35.4. The predicted octanol–water partition coefficient (Wildman–Crippen LogP) is -4.37. The Balaban J connectivity index is 1.33. The van der Waals surface area contributed by atoms with Crippen molar-refractivity contribution in [2.45, 2.75) is 195 Å². The largest absolute Gasteiger partial charge is 0.494 e. The second-order valence-corrected chi connectivity index (χ2v) is 20.3. The molecule has 78 heavy (non-hydrogen) atoms. The molecule has 4 amide bonds. The summed E-state index contributed by atoms with van der Waals surface area (Å²) in [5.74, 6) is -2.72. The van der Waals surface area contributed by atoms with Gasteiger partial charge in [0.05, 0.1) is 33.0 Å². The van der Waals surface area contributed by atoms with Gasteiger partial charge in [-0.3, -0.25) is 23.7 Å². The van der Waals surface area contributed by atoms with Gasteiger partial charge in [0, 0.05) is 26.3 Å². The fourth-order valence-electron chi connectivity index (χ4n) is 9.33. The Hall–Kier alpha value is -4.13. The van der Waals surface area contributed by atoms with Crippen molar-refractivity contribution >= 4 is 34.0 Å². The zero-order valence-electron chi connectivity index (χ0n) is 43.5. The summed E-state index contributed by atoms with van der Waals surface area (Å²) in [7, 11) is -5.16. The van der Waals surface area contributed by atoms with E-state index in [1.807, 2.05) is 0 Å². The van der Waals surface area contributed by atoms with E-state index in [9.17, 15) is 78.1 Å². The highest BCUT2D eigenvalue weighted by molar-refractivity contribution is 7.80. The van der Waals surface area contributed by atoms with Crippen LogP contribution in [0.4, 0.5) is 0 Å². The van der Waals surface area contributed by atoms with Crippen molar-refractivity contribution in [2.24, 2.45) is 0 Å². The molecule has 4 aliphatic heterocycles. The van der Waals surface area contributed by atoms with E-state index in [-0.39, 0.29) is 5.56 Å². The highest BCUT2D eigenvalue weighted by Crippen LogP contribution is 2.35. The van der Waals surface area contributed by atoms with Crippen molar-refractivity contribution in [3.8, 4) is 5.75 Å². The lowest BCUT2D eigenvalue weighted by Crippen LogP contribution is -2.71. The summed E-state index contributed by atoms with van der Waals surface area (Å²) >= 11 is 0. The van der Waals surface area contributed by atoms with Crippen LogP contribution in [0, 0.1) is 0 Å². The Morgan fingerprint density at radius 1 is 0.564 bits per heavy atom. The average molecular weight is 1140 g/mol. The molecule has 1 aromatic rings. The first kappa shape index (κ1) is 64.7. The number of carbonyl (C=O) groups excluding carboxylic acids is 4. The highest BCUT2D eigenvalue weighted by atomic mass is 32.3. The third kappa shape index (κ3) is 17.9. The van der Waals surface area contributed by atoms with Gasteiger partial charge < -0.3 is 105 Å². The van der Waals surface area contributed by atoms with E-state index in [0.717, 1.165) is 46.5 Å². The second-order valence-electron chi connectivity index (χ2n) is 19.2. The van der Waals surface area contributed by atoms with Crippen LogP contribution in [-0.2, 0) is 62.1 Å². The fourth-order valence-corrected chi connectivity index (χ4v) is 9.64. The van der Waals surface area contributed by atoms with Gasteiger partial charge in [0.25, 0.3) is 5.91 Å². The number of hydrogen-bond acceptors (Lipinski definition) is 24. The van der Waals surface area contributed by atoms with Crippen LogP contribution < -0.4 is 26.0 Å². The molecule has 4 saturated heterocycles. The molecular formula is C48H76N4O25S. The van der Waals surface area contributed by atoms with Crippen molar-refractivity contribution in [3.63, 3.8) is 0 Å². The molecular weight excluding hydrogens is 1060 g/mol. The van der Waals surface area contributed by atoms with Crippen molar-refractivity contribution in [1.82, 2.24) is 21.3 Å². The summed E-state index contributed by atoms with van der Waals surface area (Å²) in [6.07, 6.45) is -17.8. The summed E-state index contributed by atoms with van der Waals surface area (Å²) in [5, 5.41) is 109. The maximum absolute atomic E-state index is 13.7. The monoisotopic (exact) mass is 1140 g/mol. The minimum atomic E-state index is -5.16. The molecule has 0 saturated carbocycles. The van der Waals surface area contributed by atoms with Crippen LogP contribution in [0.2, 0.25) is 0 Å². The minimum absolute atomic E-state index is 0.0808. The van der Waals surface area contributed by atoms with Gasteiger partial charge in [0.15, 0.2) is 25.2 Å². The standard InChI is InChI=1S/C48H76N4O25S/c1-5-6-7-8-9-10-11-12-13-18-69-27-16-14-26(15-17-27)44(64)52-33-37(60)36(59)28(19-53)72-46(33)75-41-29(20-54)73-47(34(39(41)62)50-24(3)57)76-42-30(21-55)74-48(35(40(42)63)51-25(4)58)77-43-31(22-70-78(66,67)68)71-45(65)32(38(43)61)49-23(2)56/h10-11,14-17,28-43,45-48,53-55,59-63,65H,5-9,12-13,18-22H2,1-4H3,(H,49,56)(H,50,57)(H,51,58)(H,52,64)(H,66,67,68)/b11-10-/t28?,29?,30?,31?,32?,33?,34?,35?,36-,37-,38?,39?,40-,41-,42-,43-,45?,46+,47+,48+/m1/s1. The number of rotatable bonds is 27. The second kappa shape index (κ2) is 30.6. The molecule has 0 radical (unpaired) electrons. The smallest absolute Gasteiger partial charge is 0.397 e. The Labute approximate surface area is 450 Å². The Bertz CT molecular complexity index is 2200. The van der Waals surface area contributed by atoms with Gasteiger partial charge in [-0.25, -0.2) is 4.18 Å². The first-order valence-corrected chi connectivity index (χ1v) is 27.0. The Kier molecular flexibility index (Phi) is 25.4. The van der Waals surface area contributed by atoms with Gasteiger partial charge in [0.2, 0.25) is 17.7 Å². The molecule has 29 nitrogen and oxygen atoms in total. The van der Waals surface area contributed by atoms with Gasteiger partial charge in [-0.1, -0.05) is 38.3 Å². The zero-order valence-corrected chi connectivity index (χ0v) is 44.3. The highest BCUT2D eigenvalue weighted by Gasteiger charge is 2.56. The van der Waals surface area contributed by atoms with E-state index in [1.165, 1.54) is 31.4 Å². The number of nitrogens with one attached hydrogen (secondary N) is 4. The lowest BCUT2D eigenvalue weighted by Gasteiger charge is -2.51. The number of carbonyl (C=O) groups is 4. The van der Waals surface area contributed by atoms with Crippen LogP contribution in [0.3, 0.4) is 0 Å². The summed E-state index contributed by atoms with van der Waals surface area (Å²) < 4.78 is 83.8. The number of aliphatic hydroxyl groups is 9. The molecule has 5 rings (SSSR count). The number of amides is 4. The Morgan fingerprint density at radius 2 is 1.01 bits per heavy atom. The quantitative estimate of drug-likeness (QED) is 0.0225. The summed E-state index contributed by atoms with van der Waals surface area (Å²) in [6, 6.07) is -0.739. The van der Waals surface area contributed by atoms with Crippen LogP contribution in [-0.4, -0.2) is 238 Å². The van der Waals surface area contributed by atoms with Crippen LogP contribution in [0.15, 0.2) is 36.4 Å². The minimum Gasteiger partial charge on any atom is -0.494 e. The zero-order chi connectivity index (χ0) is 57.4. The maximum atomic E-state index is 13.7. The van der Waals surface area contributed by atoms with E-state index in [2.05, 4.69) is 44.5 Å². The fraction of sp³-hybridized carbons (Fsp3) is 0.750. The first-order chi connectivity index (χ1) is 37.0. The van der Waals surface area contributed by atoms with Crippen LogP contribution in [0.25, 0.3) is 0 Å². The summed E-state index contributed by atoms with van der Waals surface area (Å²) in [6.45, 7) is 1.68. The van der Waals surface area contributed by atoms with E-state index < -0.39 is 183 Å². The molecule has 14 N–H and O–H groups in total. The molecule has 4 aliphatic rings. The third-order valence-corrected chi connectivity index (χ3v) is 13.7. The van der Waals surface area contributed by atoms with Crippen LogP contribution >= 0.6 is 0 Å². The van der Waals surface area contributed by atoms with Crippen molar-refractivity contribution in [1.29, 1.82) is 0 Å². The summed E-state index contributed by atoms with van der Waals surface area (Å²) in [5.41, 5.74) is 0.0808. The number of aliphatic hydroxyl groups excluding tert-OH is 9. The molecule has 0 spiro atoms. The Morgan fingerprint density at radius 3 is 1.49 bits per heavy atom. The van der Waals surface area contributed by atoms with Crippen molar-refractivity contribution in [2.75, 3.05) is 33.0 Å². The van der Waals surface area contributed by atoms with Gasteiger partial charge in [0.1, 0.15) is 103 Å². The number of unbranched alkanes of at least 4 members (excludes halogenated alkanes) is 5. The van der Waals surface area contributed by atoms with Gasteiger partial charge in [-0.05, 0) is 49.9 Å². The average Bonchev–Trinajstić information content (AvgIpc) is 3.43. The van der Waals surface area contributed by atoms with Gasteiger partial charge >= 0.3 is 10.4 Å². The molecule has 4 fully saturated rings. The number of benzene rings is 1. The lowest BCUT2D eigenvalue weighted by molar-refractivity contribution is -0.361. The van der Waals surface area contributed by atoms with Crippen LogP contribution in [0.5, 0.6) is 5.75 Å². The molecule has 0 aliphatic carbocycles. The van der Waals surface area contributed by atoms with Gasteiger partial charge in [-0.2, -0.15) is 8.42 Å². The third-order valence-electron chi connectivity index (χ3n) is 13.2. The van der Waals surface area contributed by atoms with Crippen molar-refractivity contribution < 1.29 is 120 Å². The number of allylic oxidation sites excluding steroid dienone is 2. The van der Waals surface area contributed by atoms with E-state index >= 15 is 0 Å². The SMILES string of the molecule is CCCCCC/C=C\CCCOc1ccc(C(=O)NC2[C@H](O[C@@H]3C(CO)O[C@@H](O[C@@H]4C(CO)O[C@@H](O[C@@H]5C(COS(=O)(=O)O)OC(O)C(NC(C)=O)C5O)C(NC(C)=O)[C@H]4O)C(NC(C)=O)C3O)OC(CO)[C@@H](O)[C@@H]2O)cc1. The molecule has 0 aromatic heterocycles. The summed E-state index contributed by atoms with van der Waals surface area (Å²) in [4.78, 5) is 51.0. The maximum Gasteiger partial charge on any atom is 0.397 e. The first-order valence-electron chi connectivity index (χ1n) is 25.6. The molecule has 4 heterocycles. The van der Waals surface area contributed by atoms with E-state index in [4.69, 9.17) is 37.9 Å². The molecule has 30 heteroatoms. The number of ether oxygens (including phenoxy) is 8. The van der Waals surface area contributed by atoms with Gasteiger partial charge in [-0.15, -0.1) is 0 Å². The van der Waals surface area contributed by atoms with E-state index in [0.29, 0.717) is 12.4 Å².